The van der Waals surface area contributed by atoms with Gasteiger partial charge in [-0.3, -0.25) is 4.79 Å². The molecule has 0 radical (unpaired) electrons. The van der Waals surface area contributed by atoms with Crippen LogP contribution in [0.2, 0.25) is 0 Å². The zero-order chi connectivity index (χ0) is 9.84. The van der Waals surface area contributed by atoms with Gasteiger partial charge in [0.25, 0.3) is 0 Å². The van der Waals surface area contributed by atoms with Crippen LogP contribution in [-0.2, 0) is 4.79 Å². The highest BCUT2D eigenvalue weighted by atomic mass is 16.4. The molecule has 0 aromatic rings. The van der Waals surface area contributed by atoms with Gasteiger partial charge in [0, 0.05) is 6.04 Å². The van der Waals surface area contributed by atoms with Crippen molar-refractivity contribution in [2.75, 3.05) is 0 Å². The van der Waals surface area contributed by atoms with E-state index in [2.05, 4.69) is 6.92 Å². The maximum absolute atomic E-state index is 10.8. The van der Waals surface area contributed by atoms with Gasteiger partial charge in [-0.1, -0.05) is 13.3 Å². The molecule has 0 spiro atoms. The molecular formula is C10H19NO2. The van der Waals surface area contributed by atoms with Crippen LogP contribution >= 0.6 is 0 Å². The first kappa shape index (κ1) is 10.5. The Labute approximate surface area is 79.3 Å². The molecule has 3 nitrogen and oxygen atoms in total. The Morgan fingerprint density at radius 2 is 2.31 bits per heavy atom. The fourth-order valence-electron chi connectivity index (χ4n) is 2.17. The molecule has 3 atom stereocenters. The zero-order valence-corrected chi connectivity index (χ0v) is 8.20. The Morgan fingerprint density at radius 1 is 1.62 bits per heavy atom. The number of carbonyl (C=O) groups is 1. The van der Waals surface area contributed by atoms with Gasteiger partial charge >= 0.3 is 5.97 Å². The molecule has 0 saturated heterocycles. The number of aliphatic carboxylic acids is 1. The van der Waals surface area contributed by atoms with Crippen molar-refractivity contribution < 1.29 is 9.90 Å². The van der Waals surface area contributed by atoms with Crippen molar-refractivity contribution in [2.24, 2.45) is 17.6 Å². The van der Waals surface area contributed by atoms with Crippen LogP contribution in [0.25, 0.3) is 0 Å². The van der Waals surface area contributed by atoms with Gasteiger partial charge in [0.05, 0.1) is 5.92 Å². The smallest absolute Gasteiger partial charge is 0.306 e. The van der Waals surface area contributed by atoms with Gasteiger partial charge in [0.2, 0.25) is 0 Å². The number of carboxylic acids is 1. The van der Waals surface area contributed by atoms with E-state index >= 15 is 0 Å². The highest BCUT2D eigenvalue weighted by molar-refractivity contribution is 5.70. The summed E-state index contributed by atoms with van der Waals surface area (Å²) in [6.45, 7) is 2.06. The SMILES string of the molecule is CCC(N)C1CCCC(C(=O)O)C1. The van der Waals surface area contributed by atoms with Crippen LogP contribution in [-0.4, -0.2) is 17.1 Å². The topological polar surface area (TPSA) is 63.3 Å². The maximum Gasteiger partial charge on any atom is 0.306 e. The summed E-state index contributed by atoms with van der Waals surface area (Å²) >= 11 is 0. The number of hydrogen-bond acceptors (Lipinski definition) is 2. The van der Waals surface area contributed by atoms with E-state index in [1.165, 1.54) is 0 Å². The predicted molar refractivity (Wildman–Crippen MR) is 51.4 cm³/mol. The lowest BCUT2D eigenvalue weighted by Crippen LogP contribution is -2.35. The van der Waals surface area contributed by atoms with E-state index in [0.29, 0.717) is 5.92 Å². The van der Waals surface area contributed by atoms with Gasteiger partial charge in [-0.05, 0) is 31.6 Å². The molecule has 1 saturated carbocycles. The van der Waals surface area contributed by atoms with E-state index in [9.17, 15) is 4.79 Å². The molecule has 0 amide bonds. The molecule has 1 fully saturated rings. The fraction of sp³-hybridized carbons (Fsp3) is 0.900. The van der Waals surface area contributed by atoms with Crippen molar-refractivity contribution in [1.29, 1.82) is 0 Å². The average Bonchev–Trinajstić information content (AvgIpc) is 2.17. The summed E-state index contributed by atoms with van der Waals surface area (Å²) in [6.07, 6.45) is 4.71. The van der Waals surface area contributed by atoms with E-state index < -0.39 is 5.97 Å². The number of hydrogen-bond donors (Lipinski definition) is 2. The first-order valence-corrected chi connectivity index (χ1v) is 5.13. The lowest BCUT2D eigenvalue weighted by Gasteiger charge is -2.30. The molecule has 0 heterocycles. The molecule has 13 heavy (non-hydrogen) atoms. The van der Waals surface area contributed by atoms with Gasteiger partial charge < -0.3 is 10.8 Å². The summed E-state index contributed by atoms with van der Waals surface area (Å²) in [7, 11) is 0. The molecule has 0 aromatic heterocycles. The van der Waals surface area contributed by atoms with Crippen molar-refractivity contribution >= 4 is 5.97 Å². The largest absolute Gasteiger partial charge is 0.481 e. The number of rotatable bonds is 3. The summed E-state index contributed by atoms with van der Waals surface area (Å²) < 4.78 is 0. The second-order valence-electron chi connectivity index (χ2n) is 4.03. The summed E-state index contributed by atoms with van der Waals surface area (Å²) in [5.74, 6) is -0.357. The molecule has 3 N–H and O–H groups in total. The van der Waals surface area contributed by atoms with Gasteiger partial charge in [-0.15, -0.1) is 0 Å². The number of nitrogens with two attached hydrogens (primary N) is 1. The third kappa shape index (κ3) is 2.69. The van der Waals surface area contributed by atoms with Gasteiger partial charge in [-0.25, -0.2) is 0 Å². The van der Waals surface area contributed by atoms with Gasteiger partial charge in [0.15, 0.2) is 0 Å². The molecule has 1 aliphatic rings. The van der Waals surface area contributed by atoms with Crippen LogP contribution in [0.5, 0.6) is 0 Å². The Hall–Kier alpha value is -0.570. The van der Waals surface area contributed by atoms with Gasteiger partial charge in [-0.2, -0.15) is 0 Å². The van der Waals surface area contributed by atoms with Crippen molar-refractivity contribution in [3.8, 4) is 0 Å². The molecule has 3 unspecified atom stereocenters. The molecule has 1 aliphatic carbocycles. The average molecular weight is 185 g/mol. The van der Waals surface area contributed by atoms with Crippen LogP contribution in [0.4, 0.5) is 0 Å². The highest BCUT2D eigenvalue weighted by Gasteiger charge is 2.29. The summed E-state index contributed by atoms with van der Waals surface area (Å²) in [5, 5.41) is 8.87. The Morgan fingerprint density at radius 3 is 2.85 bits per heavy atom. The minimum absolute atomic E-state index is 0.142. The second-order valence-corrected chi connectivity index (χ2v) is 4.03. The molecule has 76 valence electrons. The minimum Gasteiger partial charge on any atom is -0.481 e. The lowest BCUT2D eigenvalue weighted by molar-refractivity contribution is -0.143. The van der Waals surface area contributed by atoms with Crippen molar-refractivity contribution in [3.05, 3.63) is 0 Å². The monoisotopic (exact) mass is 185 g/mol. The third-order valence-corrected chi connectivity index (χ3v) is 3.14. The third-order valence-electron chi connectivity index (χ3n) is 3.14. The molecule has 1 rings (SSSR count). The summed E-state index contributed by atoms with van der Waals surface area (Å²) in [4.78, 5) is 10.8. The first-order chi connectivity index (χ1) is 6.15. The lowest BCUT2D eigenvalue weighted by atomic mass is 9.77. The van der Waals surface area contributed by atoms with Crippen LogP contribution in [0, 0.1) is 11.8 Å². The van der Waals surface area contributed by atoms with Gasteiger partial charge in [0.1, 0.15) is 0 Å². The Balaban J connectivity index is 2.46. The Bertz CT molecular complexity index is 182. The van der Waals surface area contributed by atoms with E-state index in [0.717, 1.165) is 32.1 Å². The molecule has 0 aromatic carbocycles. The predicted octanol–water partition coefficient (Wildman–Crippen LogP) is 1.61. The molecular weight excluding hydrogens is 166 g/mol. The van der Waals surface area contributed by atoms with Crippen molar-refractivity contribution in [3.63, 3.8) is 0 Å². The van der Waals surface area contributed by atoms with E-state index in [4.69, 9.17) is 10.8 Å². The van der Waals surface area contributed by atoms with E-state index in [-0.39, 0.29) is 12.0 Å². The van der Waals surface area contributed by atoms with Crippen molar-refractivity contribution in [1.82, 2.24) is 0 Å². The quantitative estimate of drug-likeness (QED) is 0.702. The molecule has 0 bridgehead atoms. The zero-order valence-electron chi connectivity index (χ0n) is 8.20. The van der Waals surface area contributed by atoms with Crippen LogP contribution in [0.1, 0.15) is 39.0 Å². The van der Waals surface area contributed by atoms with E-state index in [1.807, 2.05) is 0 Å². The molecule has 3 heteroatoms. The Kier molecular flexibility index (Phi) is 3.72. The van der Waals surface area contributed by atoms with Crippen LogP contribution in [0.3, 0.4) is 0 Å². The van der Waals surface area contributed by atoms with E-state index in [1.54, 1.807) is 0 Å². The second kappa shape index (κ2) is 4.61. The minimum atomic E-state index is -0.645. The van der Waals surface area contributed by atoms with Crippen molar-refractivity contribution in [2.45, 2.75) is 45.1 Å². The molecule has 0 aliphatic heterocycles. The standard InChI is InChI=1S/C10H19NO2/c1-2-9(11)7-4-3-5-8(6-7)10(12)13/h7-9H,2-6,11H2,1H3,(H,12,13). The maximum atomic E-state index is 10.8. The normalized spacial score (nSPS) is 31.2. The summed E-state index contributed by atoms with van der Waals surface area (Å²) in [6, 6.07) is 0.196. The number of carboxylic acid groups (broad SMARTS) is 1. The first-order valence-electron chi connectivity index (χ1n) is 5.13. The van der Waals surface area contributed by atoms with Crippen LogP contribution < -0.4 is 5.73 Å². The summed E-state index contributed by atoms with van der Waals surface area (Å²) in [5.41, 5.74) is 5.92. The highest BCUT2D eigenvalue weighted by Crippen LogP contribution is 2.31. The fourth-order valence-corrected chi connectivity index (χ4v) is 2.17. The van der Waals surface area contributed by atoms with Crippen LogP contribution in [0.15, 0.2) is 0 Å².